The monoisotopic (exact) mass is 285 g/mol. The molecule has 2 aliphatic rings. The van der Waals surface area contributed by atoms with E-state index in [4.69, 9.17) is 9.47 Å². The summed E-state index contributed by atoms with van der Waals surface area (Å²) in [6, 6.07) is 5.85. The normalized spacial score (nSPS) is 19.3. The number of benzene rings is 1. The summed E-state index contributed by atoms with van der Waals surface area (Å²) in [7, 11) is 1.84. The minimum atomic E-state index is -0.00282. The van der Waals surface area contributed by atoms with Crippen LogP contribution in [-0.4, -0.2) is 22.5 Å². The lowest BCUT2D eigenvalue weighted by Gasteiger charge is -2.24. The second-order valence-corrected chi connectivity index (χ2v) is 5.39. The first kappa shape index (κ1) is 12.3. The van der Waals surface area contributed by atoms with Gasteiger partial charge in [0.25, 0.3) is 0 Å². The van der Waals surface area contributed by atoms with Gasteiger partial charge in [-0.25, -0.2) is 0 Å². The van der Waals surface area contributed by atoms with Crippen LogP contribution in [0.4, 0.5) is 5.82 Å². The Bertz CT molecular complexity index is 751. The third-order valence-electron chi connectivity index (χ3n) is 4.06. The Morgan fingerprint density at radius 3 is 3.00 bits per heavy atom. The van der Waals surface area contributed by atoms with Crippen LogP contribution in [0.5, 0.6) is 11.5 Å². The minimum Gasteiger partial charge on any atom is -0.454 e. The van der Waals surface area contributed by atoms with Crippen molar-refractivity contribution in [1.82, 2.24) is 9.78 Å². The lowest BCUT2D eigenvalue weighted by Crippen LogP contribution is -2.24. The van der Waals surface area contributed by atoms with Crippen molar-refractivity contribution in [3.63, 3.8) is 0 Å². The lowest BCUT2D eigenvalue weighted by atomic mass is 9.85. The van der Waals surface area contributed by atoms with Crippen molar-refractivity contribution in [2.24, 2.45) is 7.05 Å². The number of ether oxygens (including phenoxy) is 2. The Kier molecular flexibility index (Phi) is 2.48. The molecule has 21 heavy (non-hydrogen) atoms. The molecule has 6 nitrogen and oxygen atoms in total. The maximum atomic E-state index is 12.0. The van der Waals surface area contributed by atoms with Gasteiger partial charge in [-0.15, -0.1) is 0 Å². The SMILES string of the molecule is Cc1nn(C)c2c1C(c1ccc3c(c1)OCO3)CC(=O)N2. The number of carbonyl (C=O) groups is 1. The highest BCUT2D eigenvalue weighted by Crippen LogP contribution is 2.42. The van der Waals surface area contributed by atoms with Crippen molar-refractivity contribution in [3.05, 3.63) is 35.0 Å². The number of rotatable bonds is 1. The van der Waals surface area contributed by atoms with E-state index in [1.165, 1.54) is 0 Å². The number of fused-ring (bicyclic) bond motifs is 2. The summed E-state index contributed by atoms with van der Waals surface area (Å²) in [5.41, 5.74) is 3.07. The number of amides is 1. The number of aryl methyl sites for hydroxylation is 2. The van der Waals surface area contributed by atoms with Crippen LogP contribution in [0.25, 0.3) is 0 Å². The molecule has 1 atom stereocenters. The molecule has 1 N–H and O–H groups in total. The molecule has 1 aromatic heterocycles. The van der Waals surface area contributed by atoms with E-state index < -0.39 is 0 Å². The average Bonchev–Trinajstić information content (AvgIpc) is 3.03. The third-order valence-corrected chi connectivity index (χ3v) is 4.06. The highest BCUT2D eigenvalue weighted by atomic mass is 16.7. The fourth-order valence-corrected chi connectivity index (χ4v) is 3.12. The first-order chi connectivity index (χ1) is 10.1. The largest absolute Gasteiger partial charge is 0.454 e. The smallest absolute Gasteiger partial charge is 0.231 e. The number of hydrogen-bond acceptors (Lipinski definition) is 4. The molecular formula is C15H15N3O3. The zero-order valence-electron chi connectivity index (χ0n) is 11.8. The standard InChI is InChI=1S/C15H15N3O3/c1-8-14-10(6-13(19)16-15(14)18(2)17-8)9-3-4-11-12(5-9)21-7-20-11/h3-5,10H,6-7H2,1-2H3,(H,16,19). The Hall–Kier alpha value is -2.50. The summed E-state index contributed by atoms with van der Waals surface area (Å²) in [5, 5.41) is 7.33. The summed E-state index contributed by atoms with van der Waals surface area (Å²) >= 11 is 0. The first-order valence-electron chi connectivity index (χ1n) is 6.86. The molecule has 0 fully saturated rings. The van der Waals surface area contributed by atoms with Crippen molar-refractivity contribution in [1.29, 1.82) is 0 Å². The molecule has 0 saturated heterocycles. The average molecular weight is 285 g/mol. The molecule has 2 aromatic rings. The van der Waals surface area contributed by atoms with Gasteiger partial charge in [0.1, 0.15) is 5.82 Å². The maximum Gasteiger partial charge on any atom is 0.231 e. The van der Waals surface area contributed by atoms with E-state index >= 15 is 0 Å². The van der Waals surface area contributed by atoms with E-state index in [-0.39, 0.29) is 18.6 Å². The van der Waals surface area contributed by atoms with E-state index in [1.807, 2.05) is 32.2 Å². The quantitative estimate of drug-likeness (QED) is 0.869. The Morgan fingerprint density at radius 1 is 1.33 bits per heavy atom. The van der Waals surface area contributed by atoms with Gasteiger partial charge in [-0.3, -0.25) is 9.48 Å². The second kappa shape index (κ2) is 4.25. The summed E-state index contributed by atoms with van der Waals surface area (Å²) in [6.45, 7) is 2.22. The van der Waals surface area contributed by atoms with Gasteiger partial charge in [-0.1, -0.05) is 6.07 Å². The van der Waals surface area contributed by atoms with Gasteiger partial charge in [-0.05, 0) is 24.6 Å². The van der Waals surface area contributed by atoms with Crippen LogP contribution in [0.15, 0.2) is 18.2 Å². The van der Waals surface area contributed by atoms with Gasteiger partial charge in [0, 0.05) is 24.9 Å². The van der Waals surface area contributed by atoms with Gasteiger partial charge in [-0.2, -0.15) is 5.10 Å². The number of nitrogens with zero attached hydrogens (tertiary/aromatic N) is 2. The molecular weight excluding hydrogens is 270 g/mol. The summed E-state index contributed by atoms with van der Waals surface area (Å²) < 4.78 is 12.5. The molecule has 0 saturated carbocycles. The fraction of sp³-hybridized carbons (Fsp3) is 0.333. The molecule has 0 aliphatic carbocycles. The number of carbonyl (C=O) groups excluding carboxylic acids is 1. The number of hydrogen-bond donors (Lipinski definition) is 1. The summed E-state index contributed by atoms with van der Waals surface area (Å²) in [5.74, 6) is 2.28. The van der Waals surface area contributed by atoms with Crippen LogP contribution in [-0.2, 0) is 11.8 Å². The maximum absolute atomic E-state index is 12.0. The van der Waals surface area contributed by atoms with Gasteiger partial charge in [0.15, 0.2) is 11.5 Å². The molecule has 1 aromatic carbocycles. The van der Waals surface area contributed by atoms with Crippen molar-refractivity contribution in [3.8, 4) is 11.5 Å². The molecule has 0 radical (unpaired) electrons. The van der Waals surface area contributed by atoms with E-state index in [9.17, 15) is 4.79 Å². The van der Waals surface area contributed by atoms with Gasteiger partial charge < -0.3 is 14.8 Å². The summed E-state index contributed by atoms with van der Waals surface area (Å²) in [6.07, 6.45) is 0.416. The fourth-order valence-electron chi connectivity index (χ4n) is 3.12. The number of nitrogens with one attached hydrogen (secondary N) is 1. The predicted octanol–water partition coefficient (Wildman–Crippen LogP) is 1.93. The topological polar surface area (TPSA) is 65.4 Å². The molecule has 3 heterocycles. The molecule has 0 bridgehead atoms. The zero-order chi connectivity index (χ0) is 14.6. The molecule has 1 amide bonds. The van der Waals surface area contributed by atoms with E-state index in [0.717, 1.165) is 34.1 Å². The molecule has 4 rings (SSSR count). The highest BCUT2D eigenvalue weighted by Gasteiger charge is 2.32. The van der Waals surface area contributed by atoms with E-state index in [0.29, 0.717) is 6.42 Å². The molecule has 0 spiro atoms. The molecule has 2 aliphatic heterocycles. The van der Waals surface area contributed by atoms with Crippen molar-refractivity contribution in [2.45, 2.75) is 19.3 Å². The van der Waals surface area contributed by atoms with Crippen molar-refractivity contribution >= 4 is 11.7 Å². The van der Waals surface area contributed by atoms with Gasteiger partial charge in [0.05, 0.1) is 5.69 Å². The second-order valence-electron chi connectivity index (χ2n) is 5.39. The van der Waals surface area contributed by atoms with E-state index in [1.54, 1.807) is 4.68 Å². The van der Waals surface area contributed by atoms with Crippen LogP contribution in [0.1, 0.15) is 29.2 Å². The van der Waals surface area contributed by atoms with Gasteiger partial charge in [0.2, 0.25) is 12.7 Å². The third kappa shape index (κ3) is 1.79. The summed E-state index contributed by atoms with van der Waals surface area (Å²) in [4.78, 5) is 12.0. The van der Waals surface area contributed by atoms with E-state index in [2.05, 4.69) is 10.4 Å². The molecule has 6 heteroatoms. The predicted molar refractivity (Wildman–Crippen MR) is 75.6 cm³/mol. The first-order valence-corrected chi connectivity index (χ1v) is 6.86. The van der Waals surface area contributed by atoms with Crippen molar-refractivity contribution in [2.75, 3.05) is 12.1 Å². The molecule has 1 unspecified atom stereocenters. The number of anilines is 1. The minimum absolute atomic E-state index is 0.00282. The van der Waals surface area contributed by atoms with Crippen LogP contribution in [0.2, 0.25) is 0 Å². The Labute approximate surface area is 121 Å². The Morgan fingerprint density at radius 2 is 2.14 bits per heavy atom. The Balaban J connectivity index is 1.84. The van der Waals surface area contributed by atoms with Gasteiger partial charge >= 0.3 is 0 Å². The van der Waals surface area contributed by atoms with Crippen LogP contribution in [0.3, 0.4) is 0 Å². The van der Waals surface area contributed by atoms with Crippen LogP contribution in [0, 0.1) is 6.92 Å². The lowest BCUT2D eigenvalue weighted by molar-refractivity contribution is -0.116. The van der Waals surface area contributed by atoms with Crippen molar-refractivity contribution < 1.29 is 14.3 Å². The highest BCUT2D eigenvalue weighted by molar-refractivity contribution is 5.94. The zero-order valence-corrected chi connectivity index (χ0v) is 11.8. The van der Waals surface area contributed by atoms with Crippen LogP contribution < -0.4 is 14.8 Å². The van der Waals surface area contributed by atoms with Crippen LogP contribution >= 0.6 is 0 Å². The number of aromatic nitrogens is 2. The molecule has 108 valence electrons.